The minimum absolute atomic E-state index is 0.0970. The molecule has 1 atom stereocenters. The van der Waals surface area contributed by atoms with E-state index in [2.05, 4.69) is 27.9 Å². The number of rotatable bonds is 5. The van der Waals surface area contributed by atoms with Gasteiger partial charge in [-0.1, -0.05) is 18.5 Å². The van der Waals surface area contributed by atoms with Crippen molar-refractivity contribution in [1.29, 1.82) is 0 Å². The first kappa shape index (κ1) is 15.1. The molecule has 1 N–H and O–H groups in total. The van der Waals surface area contributed by atoms with Gasteiger partial charge in [-0.2, -0.15) is 0 Å². The second-order valence-corrected chi connectivity index (χ2v) is 5.63. The first-order chi connectivity index (χ1) is 8.08. The van der Waals surface area contributed by atoms with Gasteiger partial charge in [-0.05, 0) is 53.6 Å². The van der Waals surface area contributed by atoms with Crippen LogP contribution < -0.4 is 5.32 Å². The lowest BCUT2D eigenvalue weighted by molar-refractivity contribution is 0.0935. The summed E-state index contributed by atoms with van der Waals surface area (Å²) in [6.07, 6.45) is 1.65. The van der Waals surface area contributed by atoms with Crippen molar-refractivity contribution in [3.8, 4) is 0 Å². The third-order valence-corrected chi connectivity index (χ3v) is 4.26. The fourth-order valence-electron chi connectivity index (χ4n) is 1.42. The maximum atomic E-state index is 11.9. The number of alkyl halides is 1. The fraction of sp³-hybridized carbons (Fsp3) is 0.417. The zero-order chi connectivity index (χ0) is 12.8. The van der Waals surface area contributed by atoms with Crippen molar-refractivity contribution in [3.05, 3.63) is 32.4 Å². The van der Waals surface area contributed by atoms with Crippen molar-refractivity contribution in [2.45, 2.75) is 25.8 Å². The highest BCUT2D eigenvalue weighted by molar-refractivity contribution is 14.1. The Morgan fingerprint density at radius 2 is 2.24 bits per heavy atom. The number of carbonyl (C=O) groups excluding carboxylic acids is 1. The fourth-order valence-corrected chi connectivity index (χ4v) is 2.20. The second-order valence-electron chi connectivity index (χ2n) is 3.69. The van der Waals surface area contributed by atoms with Gasteiger partial charge < -0.3 is 5.32 Å². The molecule has 0 radical (unpaired) electrons. The molecular formula is C12H14Cl2INO. The van der Waals surface area contributed by atoms with Crippen LogP contribution in [0.4, 0.5) is 0 Å². The predicted molar refractivity (Wildman–Crippen MR) is 81.1 cm³/mol. The summed E-state index contributed by atoms with van der Waals surface area (Å²) in [7, 11) is 0. The summed E-state index contributed by atoms with van der Waals surface area (Å²) in [6, 6.07) is 5.42. The molecule has 94 valence electrons. The van der Waals surface area contributed by atoms with Crippen LogP contribution in [0.1, 0.15) is 30.1 Å². The molecule has 0 aliphatic rings. The molecule has 1 rings (SSSR count). The number of nitrogens with one attached hydrogen (secondary N) is 1. The average Bonchev–Trinajstić information content (AvgIpc) is 2.31. The van der Waals surface area contributed by atoms with Crippen LogP contribution in [-0.2, 0) is 0 Å². The topological polar surface area (TPSA) is 29.1 Å². The van der Waals surface area contributed by atoms with E-state index in [0.29, 0.717) is 16.5 Å². The molecule has 17 heavy (non-hydrogen) atoms. The van der Waals surface area contributed by atoms with E-state index in [1.807, 2.05) is 13.0 Å². The lowest BCUT2D eigenvalue weighted by Gasteiger charge is -2.15. The van der Waals surface area contributed by atoms with Crippen molar-refractivity contribution in [2.75, 3.05) is 5.88 Å². The zero-order valence-corrected chi connectivity index (χ0v) is 13.1. The van der Waals surface area contributed by atoms with Crippen molar-refractivity contribution in [3.63, 3.8) is 0 Å². The third-order valence-electron chi connectivity index (χ3n) is 2.47. The van der Waals surface area contributed by atoms with Gasteiger partial charge in [0.05, 0.1) is 5.02 Å². The largest absolute Gasteiger partial charge is 0.349 e. The Morgan fingerprint density at radius 1 is 1.53 bits per heavy atom. The summed E-state index contributed by atoms with van der Waals surface area (Å²) in [5.74, 6) is 0.451. The zero-order valence-electron chi connectivity index (χ0n) is 9.47. The molecule has 0 spiro atoms. The summed E-state index contributed by atoms with van der Waals surface area (Å²) < 4.78 is 0.939. The van der Waals surface area contributed by atoms with Crippen molar-refractivity contribution < 1.29 is 4.79 Å². The quantitative estimate of drug-likeness (QED) is 0.600. The molecule has 0 saturated heterocycles. The van der Waals surface area contributed by atoms with Gasteiger partial charge in [0.2, 0.25) is 0 Å². The van der Waals surface area contributed by atoms with Crippen LogP contribution in [0, 0.1) is 3.57 Å². The first-order valence-electron chi connectivity index (χ1n) is 5.40. The molecule has 1 amide bonds. The van der Waals surface area contributed by atoms with Crippen LogP contribution in [-0.4, -0.2) is 17.8 Å². The highest BCUT2D eigenvalue weighted by Gasteiger charge is 2.12. The smallest absolute Gasteiger partial charge is 0.251 e. The predicted octanol–water partition coefficient (Wildman–Crippen LogP) is 4.08. The molecule has 0 fully saturated rings. The second kappa shape index (κ2) is 7.44. The molecule has 2 nitrogen and oxygen atoms in total. The van der Waals surface area contributed by atoms with E-state index >= 15 is 0 Å². The molecule has 0 bridgehead atoms. The van der Waals surface area contributed by atoms with E-state index in [1.54, 1.807) is 12.1 Å². The number of hydrogen-bond acceptors (Lipinski definition) is 1. The highest BCUT2D eigenvalue weighted by atomic mass is 127. The SMILES string of the molecule is CCC(CCCl)NC(=O)c1ccc(I)c(Cl)c1. The van der Waals surface area contributed by atoms with Crippen LogP contribution in [0.3, 0.4) is 0 Å². The van der Waals surface area contributed by atoms with Crippen LogP contribution in [0.2, 0.25) is 5.02 Å². The monoisotopic (exact) mass is 385 g/mol. The van der Waals surface area contributed by atoms with Crippen LogP contribution >= 0.6 is 45.8 Å². The van der Waals surface area contributed by atoms with Crippen LogP contribution in [0.5, 0.6) is 0 Å². The Hall–Kier alpha value is -0.0000000000000000555. The van der Waals surface area contributed by atoms with E-state index < -0.39 is 0 Å². The van der Waals surface area contributed by atoms with Gasteiger partial charge in [0, 0.05) is 21.1 Å². The molecule has 0 aromatic heterocycles. The van der Waals surface area contributed by atoms with E-state index in [9.17, 15) is 4.79 Å². The number of halogens is 3. The lowest BCUT2D eigenvalue weighted by atomic mass is 10.1. The van der Waals surface area contributed by atoms with Crippen molar-refractivity contribution in [1.82, 2.24) is 5.32 Å². The lowest BCUT2D eigenvalue weighted by Crippen LogP contribution is -2.34. The molecule has 0 saturated carbocycles. The molecule has 1 aromatic rings. The van der Waals surface area contributed by atoms with Crippen molar-refractivity contribution in [2.24, 2.45) is 0 Å². The first-order valence-corrected chi connectivity index (χ1v) is 7.39. The minimum atomic E-state index is -0.0970. The Kier molecular flexibility index (Phi) is 6.59. The van der Waals surface area contributed by atoms with E-state index in [4.69, 9.17) is 23.2 Å². The van der Waals surface area contributed by atoms with Gasteiger partial charge in [-0.15, -0.1) is 11.6 Å². The summed E-state index contributed by atoms with van der Waals surface area (Å²) in [5.41, 5.74) is 0.587. The molecule has 1 aromatic carbocycles. The van der Waals surface area contributed by atoms with Crippen LogP contribution in [0.25, 0.3) is 0 Å². The highest BCUT2D eigenvalue weighted by Crippen LogP contribution is 2.19. The van der Waals surface area contributed by atoms with Gasteiger partial charge in [0.1, 0.15) is 0 Å². The molecular weight excluding hydrogens is 372 g/mol. The Labute approximate surface area is 125 Å². The molecule has 1 unspecified atom stereocenters. The van der Waals surface area contributed by atoms with Gasteiger partial charge in [0.25, 0.3) is 5.91 Å². The number of hydrogen-bond donors (Lipinski definition) is 1. The summed E-state index contributed by atoms with van der Waals surface area (Å²) in [6.45, 7) is 2.03. The molecule has 5 heteroatoms. The normalized spacial score (nSPS) is 12.2. The third kappa shape index (κ3) is 4.64. The average molecular weight is 386 g/mol. The summed E-state index contributed by atoms with van der Waals surface area (Å²) in [4.78, 5) is 11.9. The van der Waals surface area contributed by atoms with Gasteiger partial charge in [-0.3, -0.25) is 4.79 Å². The maximum absolute atomic E-state index is 11.9. The van der Waals surface area contributed by atoms with Gasteiger partial charge in [0.15, 0.2) is 0 Å². The number of amides is 1. The number of benzene rings is 1. The standard InChI is InChI=1S/C12H14Cl2INO/c1-2-9(5-6-13)16-12(17)8-3-4-11(15)10(14)7-8/h3-4,7,9H,2,5-6H2,1H3,(H,16,17). The van der Waals surface area contributed by atoms with E-state index in [-0.39, 0.29) is 11.9 Å². The minimum Gasteiger partial charge on any atom is -0.349 e. The maximum Gasteiger partial charge on any atom is 0.251 e. The van der Waals surface area contributed by atoms with E-state index in [1.165, 1.54) is 0 Å². The van der Waals surface area contributed by atoms with Crippen molar-refractivity contribution >= 4 is 51.7 Å². The molecule has 0 aliphatic carbocycles. The molecule has 0 heterocycles. The van der Waals surface area contributed by atoms with Gasteiger partial charge >= 0.3 is 0 Å². The summed E-state index contributed by atoms with van der Waals surface area (Å²) >= 11 is 13.8. The number of carbonyl (C=O) groups is 1. The van der Waals surface area contributed by atoms with E-state index in [0.717, 1.165) is 16.4 Å². The Bertz CT molecular complexity index is 398. The Balaban J connectivity index is 2.72. The molecule has 0 aliphatic heterocycles. The van der Waals surface area contributed by atoms with Gasteiger partial charge in [-0.25, -0.2) is 0 Å². The summed E-state index contributed by atoms with van der Waals surface area (Å²) in [5, 5.41) is 3.55. The Morgan fingerprint density at radius 3 is 2.76 bits per heavy atom. The van der Waals surface area contributed by atoms with Crippen LogP contribution in [0.15, 0.2) is 18.2 Å².